The number of benzene rings is 1. The molecule has 198 valence electrons. The molecule has 0 saturated heterocycles. The number of ether oxygens (including phenoxy) is 3. The Morgan fingerprint density at radius 3 is 2.31 bits per heavy atom. The van der Waals surface area contributed by atoms with Crippen LogP contribution in [-0.4, -0.2) is 61.1 Å². The molecule has 1 aromatic rings. The molecule has 1 aromatic carbocycles. The minimum Gasteiger partial charge on any atom is -0.460 e. The van der Waals surface area contributed by atoms with Crippen LogP contribution in [0.25, 0.3) is 0 Å². The standard InChI is InChI=1S/C26H36N2O8/c1-6-18(2)23(28-25(33)36-26(3,4)5)24(32)34-16-10-13-21(30)27-15-14-22(31)35-17-20(29)19-11-8-7-9-12-19/h7-13,18,23H,6,14-17H2,1-5H3,(H,27,30)(H,28,33)/b13-10+/t18-,23-/m0/s1. The molecule has 0 spiro atoms. The molecule has 0 aromatic heterocycles. The zero-order chi connectivity index (χ0) is 27.1. The third kappa shape index (κ3) is 12.7. The van der Waals surface area contributed by atoms with Gasteiger partial charge in [0.15, 0.2) is 12.4 Å². The van der Waals surface area contributed by atoms with E-state index in [1.165, 1.54) is 6.08 Å². The second-order valence-corrected chi connectivity index (χ2v) is 9.03. The highest BCUT2D eigenvalue weighted by Crippen LogP contribution is 2.12. The molecular weight excluding hydrogens is 468 g/mol. The summed E-state index contributed by atoms with van der Waals surface area (Å²) >= 11 is 0. The molecule has 0 fully saturated rings. The highest BCUT2D eigenvalue weighted by Gasteiger charge is 2.29. The normalized spacial score (nSPS) is 12.8. The van der Waals surface area contributed by atoms with Gasteiger partial charge in [-0.15, -0.1) is 0 Å². The average molecular weight is 505 g/mol. The largest absolute Gasteiger partial charge is 0.460 e. The van der Waals surface area contributed by atoms with Gasteiger partial charge in [-0.2, -0.15) is 0 Å². The summed E-state index contributed by atoms with van der Waals surface area (Å²) in [6, 6.07) is 7.56. The van der Waals surface area contributed by atoms with Crippen molar-refractivity contribution in [2.24, 2.45) is 5.92 Å². The summed E-state index contributed by atoms with van der Waals surface area (Å²) in [7, 11) is 0. The fraction of sp³-hybridized carbons (Fsp3) is 0.500. The lowest BCUT2D eigenvalue weighted by molar-refractivity contribution is -0.146. The lowest BCUT2D eigenvalue weighted by Crippen LogP contribution is -2.47. The molecule has 0 aliphatic rings. The third-order valence-electron chi connectivity index (χ3n) is 4.82. The number of alkyl carbamates (subject to hydrolysis) is 1. The number of amides is 2. The highest BCUT2D eigenvalue weighted by molar-refractivity contribution is 5.97. The fourth-order valence-electron chi connectivity index (χ4n) is 2.75. The second kappa shape index (κ2) is 15.3. The van der Waals surface area contributed by atoms with Crippen molar-refractivity contribution in [3.8, 4) is 0 Å². The van der Waals surface area contributed by atoms with Gasteiger partial charge in [0.2, 0.25) is 5.91 Å². The summed E-state index contributed by atoms with van der Waals surface area (Å²) in [4.78, 5) is 60.0. The smallest absolute Gasteiger partial charge is 0.408 e. The number of Topliss-reactive ketones (excluding diaryl/α,β-unsaturated/α-hetero) is 1. The van der Waals surface area contributed by atoms with Crippen molar-refractivity contribution in [1.82, 2.24) is 10.6 Å². The Morgan fingerprint density at radius 1 is 1.03 bits per heavy atom. The van der Waals surface area contributed by atoms with E-state index in [0.29, 0.717) is 12.0 Å². The molecule has 10 nitrogen and oxygen atoms in total. The first kappa shape index (κ1) is 30.3. The Balaban J connectivity index is 2.34. The molecule has 0 aliphatic carbocycles. The van der Waals surface area contributed by atoms with Crippen LogP contribution in [0, 0.1) is 5.92 Å². The van der Waals surface area contributed by atoms with E-state index in [2.05, 4.69) is 10.6 Å². The van der Waals surface area contributed by atoms with Crippen LogP contribution in [0.2, 0.25) is 0 Å². The van der Waals surface area contributed by atoms with Crippen molar-refractivity contribution in [2.75, 3.05) is 19.8 Å². The quantitative estimate of drug-likeness (QED) is 0.181. The van der Waals surface area contributed by atoms with Crippen LogP contribution in [-0.2, 0) is 28.6 Å². The van der Waals surface area contributed by atoms with Gasteiger partial charge in [-0.1, -0.05) is 50.6 Å². The number of ketones is 1. The van der Waals surface area contributed by atoms with E-state index >= 15 is 0 Å². The van der Waals surface area contributed by atoms with Crippen molar-refractivity contribution in [2.45, 2.75) is 59.1 Å². The lowest BCUT2D eigenvalue weighted by atomic mass is 9.99. The number of hydrogen-bond donors (Lipinski definition) is 2. The van der Waals surface area contributed by atoms with Gasteiger partial charge >= 0.3 is 18.0 Å². The van der Waals surface area contributed by atoms with Crippen LogP contribution in [0.5, 0.6) is 0 Å². The maximum Gasteiger partial charge on any atom is 0.408 e. The molecular formula is C26H36N2O8. The SMILES string of the molecule is CC[C@H](C)[C@H](NC(=O)OC(C)(C)C)C(=O)OC/C=C/C(=O)NCCC(=O)OCC(=O)c1ccccc1. The van der Waals surface area contributed by atoms with Crippen molar-refractivity contribution < 1.29 is 38.2 Å². The van der Waals surface area contributed by atoms with Gasteiger partial charge < -0.3 is 24.8 Å². The zero-order valence-corrected chi connectivity index (χ0v) is 21.5. The average Bonchev–Trinajstić information content (AvgIpc) is 2.82. The van der Waals surface area contributed by atoms with Crippen LogP contribution < -0.4 is 10.6 Å². The van der Waals surface area contributed by atoms with Crippen LogP contribution in [0.15, 0.2) is 42.5 Å². The van der Waals surface area contributed by atoms with E-state index < -0.39 is 35.6 Å². The third-order valence-corrected chi connectivity index (χ3v) is 4.82. The summed E-state index contributed by atoms with van der Waals surface area (Å²) in [6.45, 7) is 8.29. The van der Waals surface area contributed by atoms with Crippen molar-refractivity contribution in [1.29, 1.82) is 0 Å². The Hall–Kier alpha value is -3.69. The maximum atomic E-state index is 12.4. The number of rotatable bonds is 13. The topological polar surface area (TPSA) is 137 Å². The summed E-state index contributed by atoms with van der Waals surface area (Å²) in [5, 5.41) is 5.03. The van der Waals surface area contributed by atoms with Crippen LogP contribution in [0.1, 0.15) is 57.8 Å². The number of nitrogens with one attached hydrogen (secondary N) is 2. The summed E-state index contributed by atoms with van der Waals surface area (Å²) in [5.41, 5.74) is -0.263. The Kier molecular flexibility index (Phi) is 12.9. The zero-order valence-electron chi connectivity index (χ0n) is 21.5. The Morgan fingerprint density at radius 2 is 1.69 bits per heavy atom. The minimum atomic E-state index is -0.896. The van der Waals surface area contributed by atoms with Crippen molar-refractivity contribution >= 4 is 29.7 Å². The fourth-order valence-corrected chi connectivity index (χ4v) is 2.75. The number of hydrogen-bond acceptors (Lipinski definition) is 8. The number of esters is 2. The van der Waals surface area contributed by atoms with E-state index in [1.807, 2.05) is 6.92 Å². The predicted octanol–water partition coefficient (Wildman–Crippen LogP) is 2.96. The predicted molar refractivity (Wildman–Crippen MR) is 132 cm³/mol. The van der Waals surface area contributed by atoms with Gasteiger partial charge in [0, 0.05) is 18.2 Å². The molecule has 10 heteroatoms. The van der Waals surface area contributed by atoms with Crippen LogP contribution >= 0.6 is 0 Å². The van der Waals surface area contributed by atoms with E-state index in [4.69, 9.17) is 14.2 Å². The summed E-state index contributed by atoms with van der Waals surface area (Å²) < 4.78 is 15.3. The molecule has 0 aliphatic heterocycles. The molecule has 2 N–H and O–H groups in total. The van der Waals surface area contributed by atoms with Gasteiger partial charge in [-0.05, 0) is 32.8 Å². The first-order valence-corrected chi connectivity index (χ1v) is 11.8. The lowest BCUT2D eigenvalue weighted by Gasteiger charge is -2.25. The van der Waals surface area contributed by atoms with Crippen molar-refractivity contribution in [3.05, 3.63) is 48.0 Å². The second-order valence-electron chi connectivity index (χ2n) is 9.03. The highest BCUT2D eigenvalue weighted by atomic mass is 16.6. The first-order valence-electron chi connectivity index (χ1n) is 11.8. The van der Waals surface area contributed by atoms with E-state index in [9.17, 15) is 24.0 Å². The van der Waals surface area contributed by atoms with E-state index in [0.717, 1.165) is 6.08 Å². The van der Waals surface area contributed by atoms with E-state index in [-0.39, 0.29) is 37.9 Å². The molecule has 0 unspecified atom stereocenters. The number of carbonyl (C=O) groups is 5. The Labute approximate surface area is 211 Å². The first-order chi connectivity index (χ1) is 16.9. The Bertz CT molecular complexity index is 922. The van der Waals surface area contributed by atoms with Gasteiger partial charge in [0.25, 0.3) is 0 Å². The monoisotopic (exact) mass is 504 g/mol. The van der Waals surface area contributed by atoms with E-state index in [1.54, 1.807) is 58.0 Å². The molecule has 2 amide bonds. The summed E-state index contributed by atoms with van der Waals surface area (Å²) in [5.74, 6) is -2.27. The van der Waals surface area contributed by atoms with Gasteiger partial charge in [0.05, 0.1) is 6.42 Å². The summed E-state index contributed by atoms with van der Waals surface area (Å²) in [6.07, 6.45) is 2.30. The molecule has 1 rings (SSSR count). The van der Waals surface area contributed by atoms with Crippen LogP contribution in [0.3, 0.4) is 0 Å². The van der Waals surface area contributed by atoms with Gasteiger partial charge in [-0.3, -0.25) is 14.4 Å². The molecule has 0 saturated carbocycles. The molecule has 0 radical (unpaired) electrons. The molecule has 2 atom stereocenters. The maximum absolute atomic E-state index is 12.4. The van der Waals surface area contributed by atoms with Crippen LogP contribution in [0.4, 0.5) is 4.79 Å². The number of carbonyl (C=O) groups excluding carboxylic acids is 5. The molecule has 36 heavy (non-hydrogen) atoms. The van der Waals surface area contributed by atoms with Crippen molar-refractivity contribution in [3.63, 3.8) is 0 Å². The van der Waals surface area contributed by atoms with Gasteiger partial charge in [-0.25, -0.2) is 9.59 Å². The molecule has 0 bridgehead atoms. The van der Waals surface area contributed by atoms with Gasteiger partial charge in [0.1, 0.15) is 18.2 Å². The minimum absolute atomic E-state index is 0.0111. The molecule has 0 heterocycles.